The van der Waals surface area contributed by atoms with E-state index in [1.54, 1.807) is 6.92 Å². The van der Waals surface area contributed by atoms with Crippen molar-refractivity contribution in [3.05, 3.63) is 18.2 Å². The van der Waals surface area contributed by atoms with E-state index in [-0.39, 0.29) is 5.91 Å². The third-order valence-electron chi connectivity index (χ3n) is 5.07. The quantitative estimate of drug-likeness (QED) is 0.774. The molecule has 0 aromatic carbocycles. The maximum absolute atomic E-state index is 11.8. The molecule has 0 N–H and O–H groups in total. The molecule has 0 bridgehead atoms. The van der Waals surface area contributed by atoms with Gasteiger partial charge in [-0.2, -0.15) is 0 Å². The lowest BCUT2D eigenvalue weighted by molar-refractivity contribution is -0.130. The summed E-state index contributed by atoms with van der Waals surface area (Å²) in [7, 11) is 0. The molecule has 5 heteroatoms. The van der Waals surface area contributed by atoms with Gasteiger partial charge in [-0.25, -0.2) is 4.98 Å². The Labute approximate surface area is 133 Å². The zero-order chi connectivity index (χ0) is 15.5. The number of carbonyl (C=O) groups excluding carboxylic acids is 1. The molecule has 2 heterocycles. The van der Waals surface area contributed by atoms with Crippen molar-refractivity contribution in [3.63, 3.8) is 0 Å². The van der Waals surface area contributed by atoms with Crippen LogP contribution in [0.1, 0.15) is 44.9 Å². The number of hydrogen-bond acceptors (Lipinski definition) is 3. The lowest BCUT2D eigenvalue weighted by Gasteiger charge is -2.30. The van der Waals surface area contributed by atoms with Crippen LogP contribution in [0.3, 0.4) is 0 Å². The van der Waals surface area contributed by atoms with Crippen LogP contribution in [0.5, 0.6) is 0 Å². The first-order valence-corrected chi connectivity index (χ1v) is 8.64. The zero-order valence-electron chi connectivity index (χ0n) is 13.9. The van der Waals surface area contributed by atoms with Crippen LogP contribution < -0.4 is 0 Å². The lowest BCUT2D eigenvalue weighted by Crippen LogP contribution is -2.43. The number of aryl methyl sites for hydroxylation is 2. The highest BCUT2D eigenvalue weighted by Crippen LogP contribution is 2.29. The molecule has 1 aliphatic carbocycles. The fraction of sp³-hybridized carbons (Fsp3) is 0.765. The molecule has 1 aromatic rings. The Morgan fingerprint density at radius 3 is 2.82 bits per heavy atom. The molecule has 1 aliphatic heterocycles. The summed E-state index contributed by atoms with van der Waals surface area (Å²) >= 11 is 0. The summed E-state index contributed by atoms with van der Waals surface area (Å²) in [5.74, 6) is 1.35. The molecule has 1 atom stereocenters. The molecule has 2 aliphatic rings. The number of amides is 1. The van der Waals surface area contributed by atoms with E-state index in [1.165, 1.54) is 32.2 Å². The Kier molecular flexibility index (Phi) is 4.81. The van der Waals surface area contributed by atoms with E-state index in [9.17, 15) is 4.79 Å². The number of hydrogen-bond donors (Lipinski definition) is 0. The molecule has 3 rings (SSSR count). The maximum atomic E-state index is 11.8. The second kappa shape index (κ2) is 6.82. The normalized spacial score (nSPS) is 22.2. The van der Waals surface area contributed by atoms with E-state index < -0.39 is 0 Å². The summed E-state index contributed by atoms with van der Waals surface area (Å²) < 4.78 is 2.22. The van der Waals surface area contributed by atoms with Crippen molar-refractivity contribution in [1.82, 2.24) is 19.4 Å². The number of aromatic nitrogens is 2. The Morgan fingerprint density at radius 2 is 2.18 bits per heavy atom. The molecule has 1 aromatic heterocycles. The zero-order valence-corrected chi connectivity index (χ0v) is 13.9. The highest BCUT2D eigenvalue weighted by atomic mass is 16.2. The second-order valence-corrected chi connectivity index (χ2v) is 6.76. The standard InChI is InChI=1S/C17H28N4O/c1-14-18-8-12-19(14)10-4-11-20-9-3-5-17(20)13-21(15(2)22)16-6-7-16/h8,12,16-17H,3-7,9-11,13H2,1-2H3/t17-/m0/s1. The average Bonchev–Trinajstić information content (AvgIpc) is 3.10. The van der Waals surface area contributed by atoms with Gasteiger partial charge in [-0.05, 0) is 45.6 Å². The van der Waals surface area contributed by atoms with Gasteiger partial charge in [0.25, 0.3) is 0 Å². The van der Waals surface area contributed by atoms with Crippen LogP contribution in [0.15, 0.2) is 12.4 Å². The minimum absolute atomic E-state index is 0.253. The van der Waals surface area contributed by atoms with Gasteiger partial charge in [0.1, 0.15) is 5.82 Å². The molecule has 1 amide bonds. The Bertz CT molecular complexity index is 509. The Hall–Kier alpha value is -1.36. The molecular weight excluding hydrogens is 276 g/mol. The third kappa shape index (κ3) is 3.69. The fourth-order valence-corrected chi connectivity index (χ4v) is 3.63. The van der Waals surface area contributed by atoms with Crippen LogP contribution in [0.2, 0.25) is 0 Å². The average molecular weight is 304 g/mol. The van der Waals surface area contributed by atoms with Crippen LogP contribution in [-0.2, 0) is 11.3 Å². The number of nitrogens with zero attached hydrogens (tertiary/aromatic N) is 4. The highest BCUT2D eigenvalue weighted by molar-refractivity contribution is 5.74. The van der Waals surface area contributed by atoms with Gasteiger partial charge in [0.15, 0.2) is 0 Å². The molecular formula is C17H28N4O. The van der Waals surface area contributed by atoms with Crippen LogP contribution in [0, 0.1) is 6.92 Å². The van der Waals surface area contributed by atoms with Gasteiger partial charge in [0.05, 0.1) is 0 Å². The summed E-state index contributed by atoms with van der Waals surface area (Å²) in [5, 5.41) is 0. The van der Waals surface area contributed by atoms with Gasteiger partial charge < -0.3 is 9.47 Å². The molecule has 2 fully saturated rings. The van der Waals surface area contributed by atoms with Crippen molar-refractivity contribution < 1.29 is 4.79 Å². The van der Waals surface area contributed by atoms with E-state index in [1.807, 2.05) is 6.20 Å². The lowest BCUT2D eigenvalue weighted by atomic mass is 10.2. The summed E-state index contributed by atoms with van der Waals surface area (Å²) in [4.78, 5) is 20.8. The van der Waals surface area contributed by atoms with E-state index in [2.05, 4.69) is 32.5 Å². The Morgan fingerprint density at radius 1 is 1.36 bits per heavy atom. The van der Waals surface area contributed by atoms with Crippen molar-refractivity contribution in [2.45, 2.75) is 64.6 Å². The smallest absolute Gasteiger partial charge is 0.219 e. The summed E-state index contributed by atoms with van der Waals surface area (Å²) in [6, 6.07) is 1.10. The van der Waals surface area contributed by atoms with E-state index in [0.29, 0.717) is 12.1 Å². The van der Waals surface area contributed by atoms with Crippen molar-refractivity contribution >= 4 is 5.91 Å². The SMILES string of the molecule is CC(=O)N(C[C@@H]1CCCN1CCCn1ccnc1C)C1CC1. The maximum Gasteiger partial charge on any atom is 0.219 e. The Balaban J connectivity index is 1.48. The van der Waals surface area contributed by atoms with Gasteiger partial charge >= 0.3 is 0 Å². The van der Waals surface area contributed by atoms with E-state index >= 15 is 0 Å². The summed E-state index contributed by atoms with van der Waals surface area (Å²) in [6.45, 7) is 8.05. The second-order valence-electron chi connectivity index (χ2n) is 6.76. The van der Waals surface area contributed by atoms with Crippen molar-refractivity contribution in [1.29, 1.82) is 0 Å². The van der Waals surface area contributed by atoms with Crippen molar-refractivity contribution in [3.8, 4) is 0 Å². The van der Waals surface area contributed by atoms with Gasteiger partial charge in [0.2, 0.25) is 5.91 Å². The molecule has 22 heavy (non-hydrogen) atoms. The predicted octanol–water partition coefficient (Wildman–Crippen LogP) is 2.06. The first-order chi connectivity index (χ1) is 10.6. The minimum Gasteiger partial charge on any atom is -0.338 e. The van der Waals surface area contributed by atoms with Crippen LogP contribution in [0.4, 0.5) is 0 Å². The van der Waals surface area contributed by atoms with Gasteiger partial charge in [-0.15, -0.1) is 0 Å². The number of carbonyl (C=O) groups is 1. The molecule has 1 saturated carbocycles. The molecule has 1 saturated heterocycles. The van der Waals surface area contributed by atoms with E-state index in [0.717, 1.165) is 31.9 Å². The van der Waals surface area contributed by atoms with Crippen LogP contribution >= 0.6 is 0 Å². The topological polar surface area (TPSA) is 41.4 Å². The summed E-state index contributed by atoms with van der Waals surface area (Å²) in [6.07, 6.45) is 9.98. The van der Waals surface area contributed by atoms with Crippen LogP contribution in [-0.4, -0.2) is 57.0 Å². The largest absolute Gasteiger partial charge is 0.338 e. The summed E-state index contributed by atoms with van der Waals surface area (Å²) in [5.41, 5.74) is 0. The van der Waals surface area contributed by atoms with Crippen molar-refractivity contribution in [2.24, 2.45) is 0 Å². The van der Waals surface area contributed by atoms with Gasteiger partial charge in [-0.3, -0.25) is 9.69 Å². The number of imidazole rings is 1. The number of rotatable bonds is 7. The fourth-order valence-electron chi connectivity index (χ4n) is 3.63. The first-order valence-electron chi connectivity index (χ1n) is 8.64. The third-order valence-corrected chi connectivity index (χ3v) is 5.07. The highest BCUT2D eigenvalue weighted by Gasteiger charge is 2.34. The number of likely N-dealkylation sites (tertiary alicyclic amines) is 1. The van der Waals surface area contributed by atoms with Crippen molar-refractivity contribution in [2.75, 3.05) is 19.6 Å². The molecule has 5 nitrogen and oxygen atoms in total. The first kappa shape index (κ1) is 15.5. The molecule has 0 radical (unpaired) electrons. The molecule has 0 spiro atoms. The monoisotopic (exact) mass is 304 g/mol. The van der Waals surface area contributed by atoms with Gasteiger partial charge in [0, 0.05) is 51.0 Å². The van der Waals surface area contributed by atoms with Crippen LogP contribution in [0.25, 0.3) is 0 Å². The van der Waals surface area contributed by atoms with Gasteiger partial charge in [-0.1, -0.05) is 0 Å². The predicted molar refractivity (Wildman–Crippen MR) is 86.6 cm³/mol. The molecule has 122 valence electrons. The molecule has 0 unspecified atom stereocenters. The van der Waals surface area contributed by atoms with E-state index in [4.69, 9.17) is 0 Å². The minimum atomic E-state index is 0.253.